The molecule has 2 atom stereocenters. The molecule has 166 valence electrons. The van der Waals surface area contributed by atoms with Gasteiger partial charge < -0.3 is 15.9 Å². The zero-order valence-corrected chi connectivity index (χ0v) is 17.8. The van der Waals surface area contributed by atoms with Crippen LogP contribution < -0.4 is 5.73 Å². The number of phenolic OH excluding ortho intramolecular Hbond substituents is 1. The summed E-state index contributed by atoms with van der Waals surface area (Å²) in [5, 5.41) is 18.6. The lowest BCUT2D eigenvalue weighted by Gasteiger charge is -2.21. The highest BCUT2D eigenvalue weighted by Crippen LogP contribution is 2.39. The normalized spacial score (nSPS) is 13.1. The second-order valence-corrected chi connectivity index (χ2v) is 7.59. The van der Waals surface area contributed by atoms with E-state index < -0.39 is 24.1 Å². The van der Waals surface area contributed by atoms with E-state index >= 15 is 0 Å². The third-order valence-electron chi connectivity index (χ3n) is 4.36. The van der Waals surface area contributed by atoms with Crippen LogP contribution in [0.5, 0.6) is 5.75 Å². The van der Waals surface area contributed by atoms with Crippen LogP contribution in [-0.4, -0.2) is 39.9 Å². The molecule has 0 saturated carbocycles. The van der Waals surface area contributed by atoms with Crippen LogP contribution in [0.2, 0.25) is 0 Å². The Kier molecular flexibility index (Phi) is 10.8. The first-order valence-electron chi connectivity index (χ1n) is 9.71. The van der Waals surface area contributed by atoms with Gasteiger partial charge in [0.15, 0.2) is 0 Å². The molecule has 30 heavy (non-hydrogen) atoms. The molecule has 0 amide bonds. The Balaban J connectivity index is 0.00000218. The number of carboxylic acids is 1. The summed E-state index contributed by atoms with van der Waals surface area (Å²) in [5.41, 5.74) is 6.74. The average Bonchev–Trinajstić information content (AvgIpc) is 2.71. The number of para-hydroxylation sites is 1. The molecule has 0 aliphatic carbocycles. The van der Waals surface area contributed by atoms with E-state index in [0.29, 0.717) is 16.9 Å². The third-order valence-corrected chi connectivity index (χ3v) is 5.41. The Hall–Kier alpha value is -2.19. The van der Waals surface area contributed by atoms with E-state index in [4.69, 9.17) is 10.8 Å². The van der Waals surface area contributed by atoms with Gasteiger partial charge in [0.2, 0.25) is 0 Å². The minimum atomic E-state index is -4.38. The van der Waals surface area contributed by atoms with Crippen LogP contribution in [0.4, 0.5) is 13.2 Å². The molecule has 0 fully saturated rings. The van der Waals surface area contributed by atoms with Gasteiger partial charge in [0.1, 0.15) is 11.8 Å². The van der Waals surface area contributed by atoms with Crippen molar-refractivity contribution in [3.05, 3.63) is 54.1 Å². The van der Waals surface area contributed by atoms with Crippen LogP contribution in [0.15, 0.2) is 48.5 Å². The Bertz CT molecular complexity index is 782. The van der Waals surface area contributed by atoms with Crippen molar-refractivity contribution in [3.63, 3.8) is 0 Å². The molecule has 2 unspecified atom stereocenters. The highest BCUT2D eigenvalue weighted by molar-refractivity contribution is 7.99. The summed E-state index contributed by atoms with van der Waals surface area (Å²) in [5.74, 6) is -2.01. The van der Waals surface area contributed by atoms with Gasteiger partial charge in [-0.05, 0) is 41.5 Å². The number of alkyl halides is 3. The number of nitrogens with two attached hydrogens (primary N) is 1. The Labute approximate surface area is 179 Å². The Morgan fingerprint density at radius 1 is 1.03 bits per heavy atom. The number of carboxylic acid groups (broad SMARTS) is 1. The minimum Gasteiger partial charge on any atom is -0.507 e. The Morgan fingerprint density at radius 3 is 2.13 bits per heavy atom. The number of rotatable bonds is 9. The highest BCUT2D eigenvalue weighted by atomic mass is 32.2. The number of aliphatic carboxylic acids is 1. The van der Waals surface area contributed by atoms with Gasteiger partial charge in [0, 0.05) is 5.56 Å². The highest BCUT2D eigenvalue weighted by Gasteiger charge is 2.40. The van der Waals surface area contributed by atoms with E-state index in [1.807, 2.05) is 13.8 Å². The van der Waals surface area contributed by atoms with E-state index in [9.17, 15) is 23.1 Å². The summed E-state index contributed by atoms with van der Waals surface area (Å²) in [6, 6.07) is 11.7. The predicted molar refractivity (Wildman–Crippen MR) is 116 cm³/mol. The summed E-state index contributed by atoms with van der Waals surface area (Å²) in [7, 11) is 0. The first-order chi connectivity index (χ1) is 14.2. The second kappa shape index (κ2) is 12.5. The summed E-state index contributed by atoms with van der Waals surface area (Å²) in [6.07, 6.45) is -4.27. The van der Waals surface area contributed by atoms with Crippen LogP contribution in [-0.2, 0) is 4.79 Å². The smallest absolute Gasteiger partial charge is 0.395 e. The summed E-state index contributed by atoms with van der Waals surface area (Å²) < 4.78 is 40.5. The number of halogens is 3. The second-order valence-electron chi connectivity index (χ2n) is 6.37. The van der Waals surface area contributed by atoms with Gasteiger partial charge in [-0.3, -0.25) is 4.79 Å². The fraction of sp³-hybridized carbons (Fsp3) is 0.409. The molecular formula is C22H28F3NO3S. The van der Waals surface area contributed by atoms with Crippen molar-refractivity contribution < 1.29 is 28.2 Å². The molecule has 2 aromatic carbocycles. The first-order valence-corrected chi connectivity index (χ1v) is 10.9. The van der Waals surface area contributed by atoms with Crippen molar-refractivity contribution in [2.24, 2.45) is 5.73 Å². The van der Waals surface area contributed by atoms with E-state index in [-0.39, 0.29) is 29.9 Å². The maximum absolute atomic E-state index is 13.5. The van der Waals surface area contributed by atoms with Crippen molar-refractivity contribution in [1.29, 1.82) is 0 Å². The van der Waals surface area contributed by atoms with E-state index in [2.05, 4.69) is 0 Å². The largest absolute Gasteiger partial charge is 0.507 e. The maximum Gasteiger partial charge on any atom is 0.395 e. The fourth-order valence-electron chi connectivity index (χ4n) is 2.77. The molecule has 0 spiro atoms. The molecule has 0 radical (unpaired) electrons. The van der Waals surface area contributed by atoms with E-state index in [0.717, 1.165) is 0 Å². The maximum atomic E-state index is 13.5. The van der Waals surface area contributed by atoms with Gasteiger partial charge in [-0.25, -0.2) is 0 Å². The minimum absolute atomic E-state index is 0.0681. The lowest BCUT2D eigenvalue weighted by Crippen LogP contribution is -2.30. The van der Waals surface area contributed by atoms with Crippen LogP contribution in [0.3, 0.4) is 0 Å². The Morgan fingerprint density at radius 2 is 1.60 bits per heavy atom. The first kappa shape index (κ1) is 25.8. The number of phenols is 1. The van der Waals surface area contributed by atoms with Gasteiger partial charge in [-0.1, -0.05) is 56.3 Å². The molecule has 2 aromatic rings. The molecule has 0 aliphatic heterocycles. The SMILES string of the molecule is CC.NC(CCSCCC(c1ccc(-c2ccccc2O)cc1)C(F)(F)F)C(=O)O. The van der Waals surface area contributed by atoms with Gasteiger partial charge >= 0.3 is 12.1 Å². The monoisotopic (exact) mass is 443 g/mol. The summed E-state index contributed by atoms with van der Waals surface area (Å²) >= 11 is 1.26. The molecule has 0 aliphatic rings. The average molecular weight is 444 g/mol. The number of hydrogen-bond donors (Lipinski definition) is 3. The quantitative estimate of drug-likeness (QED) is 0.436. The molecule has 4 N–H and O–H groups in total. The molecule has 2 rings (SSSR count). The zero-order valence-electron chi connectivity index (χ0n) is 17.0. The molecule has 0 bridgehead atoms. The summed E-state index contributed by atoms with van der Waals surface area (Å²) in [6.45, 7) is 4.00. The number of carbonyl (C=O) groups is 1. The van der Waals surface area contributed by atoms with E-state index in [1.54, 1.807) is 30.3 Å². The molecule has 0 aromatic heterocycles. The lowest BCUT2D eigenvalue weighted by atomic mass is 9.93. The summed E-state index contributed by atoms with van der Waals surface area (Å²) in [4.78, 5) is 10.6. The predicted octanol–water partition coefficient (Wildman–Crippen LogP) is 5.66. The van der Waals surface area contributed by atoms with Crippen LogP contribution in [0, 0.1) is 0 Å². The van der Waals surface area contributed by atoms with Crippen molar-refractivity contribution in [2.45, 2.75) is 44.8 Å². The molecule has 4 nitrogen and oxygen atoms in total. The molecule has 0 saturated heterocycles. The van der Waals surface area contributed by atoms with Crippen LogP contribution in [0.25, 0.3) is 11.1 Å². The van der Waals surface area contributed by atoms with E-state index in [1.165, 1.54) is 30.0 Å². The van der Waals surface area contributed by atoms with Crippen molar-refractivity contribution in [1.82, 2.24) is 0 Å². The number of benzene rings is 2. The van der Waals surface area contributed by atoms with Gasteiger partial charge in [-0.2, -0.15) is 24.9 Å². The zero-order chi connectivity index (χ0) is 22.7. The third kappa shape index (κ3) is 7.91. The van der Waals surface area contributed by atoms with Gasteiger partial charge in [-0.15, -0.1) is 0 Å². The lowest BCUT2D eigenvalue weighted by molar-refractivity contribution is -0.150. The molecule has 8 heteroatoms. The molecular weight excluding hydrogens is 415 g/mol. The topological polar surface area (TPSA) is 83.5 Å². The van der Waals surface area contributed by atoms with Gasteiger partial charge in [0.05, 0.1) is 5.92 Å². The van der Waals surface area contributed by atoms with Crippen molar-refractivity contribution in [3.8, 4) is 16.9 Å². The number of thioether (sulfide) groups is 1. The fourth-order valence-corrected chi connectivity index (χ4v) is 3.80. The standard InChI is InChI=1S/C20H22F3NO3S.C2H6/c21-20(22,23)16(9-11-28-12-10-17(24)19(26)27)14-7-5-13(6-8-14)15-3-1-2-4-18(15)25;1-2/h1-8,16-17,25H,9-12,24H2,(H,26,27);1-2H3. The van der Waals surface area contributed by atoms with Gasteiger partial charge in [0.25, 0.3) is 0 Å². The molecule has 0 heterocycles. The number of aromatic hydroxyl groups is 1. The number of hydrogen-bond acceptors (Lipinski definition) is 4. The van der Waals surface area contributed by atoms with Crippen molar-refractivity contribution in [2.75, 3.05) is 11.5 Å². The van der Waals surface area contributed by atoms with Crippen LogP contribution >= 0.6 is 11.8 Å². The van der Waals surface area contributed by atoms with Crippen LogP contribution in [0.1, 0.15) is 38.2 Å². The van der Waals surface area contributed by atoms with Crippen molar-refractivity contribution >= 4 is 17.7 Å².